The summed E-state index contributed by atoms with van der Waals surface area (Å²) in [7, 11) is 0. The van der Waals surface area contributed by atoms with Gasteiger partial charge in [0, 0.05) is 0 Å². The molecule has 0 aromatic heterocycles. The summed E-state index contributed by atoms with van der Waals surface area (Å²) in [6.45, 7) is 0. The predicted octanol–water partition coefficient (Wildman–Crippen LogP) is 3.40. The predicted molar refractivity (Wildman–Crippen MR) is 78.4 cm³/mol. The third kappa shape index (κ3) is 5.12. The van der Waals surface area contributed by atoms with Crippen LogP contribution in [-0.4, -0.2) is 22.3 Å². The second kappa shape index (κ2) is 7.55. The van der Waals surface area contributed by atoms with Crippen molar-refractivity contribution in [1.29, 1.82) is 0 Å². The summed E-state index contributed by atoms with van der Waals surface area (Å²) in [4.78, 5) is 11.4. The van der Waals surface area contributed by atoms with E-state index in [1.54, 1.807) is 12.1 Å². The van der Waals surface area contributed by atoms with Crippen molar-refractivity contribution in [2.75, 3.05) is 0 Å². The van der Waals surface area contributed by atoms with E-state index in [9.17, 15) is 19.4 Å². The monoisotopic (exact) mass is 294 g/mol. The van der Waals surface area contributed by atoms with Gasteiger partial charge in [-0.15, -0.1) is 0 Å². The largest absolute Gasteiger partial charge is 0.481 e. The van der Waals surface area contributed by atoms with Gasteiger partial charge in [-0.3, -0.25) is 4.79 Å². The molecule has 0 aliphatic heterocycles. The van der Waals surface area contributed by atoms with Crippen LogP contribution in [0.4, 0.5) is 4.39 Å². The Kier molecular flexibility index (Phi) is 5.74. The fourth-order valence-electron chi connectivity index (χ4n) is 3.23. The molecule has 0 bridgehead atoms. The molecule has 1 aliphatic carbocycles. The van der Waals surface area contributed by atoms with E-state index < -0.39 is 18.0 Å². The van der Waals surface area contributed by atoms with Gasteiger partial charge < -0.3 is 10.2 Å². The van der Waals surface area contributed by atoms with Crippen LogP contribution in [0.1, 0.15) is 44.1 Å². The van der Waals surface area contributed by atoms with Crippen LogP contribution in [0.2, 0.25) is 0 Å². The van der Waals surface area contributed by atoms with E-state index in [0.29, 0.717) is 18.8 Å². The number of benzene rings is 1. The SMILES string of the molecule is O=C(O)C(Cc1ccc(F)cc1)CC(O)CC1CCCC1. The third-order valence-corrected chi connectivity index (χ3v) is 4.38. The molecule has 1 aromatic carbocycles. The molecule has 0 radical (unpaired) electrons. The van der Waals surface area contributed by atoms with E-state index in [-0.39, 0.29) is 12.2 Å². The standard InChI is InChI=1S/C17H23FO3/c18-15-7-5-13(6-8-15)9-14(17(20)21)11-16(19)10-12-3-1-2-4-12/h5-8,12,14,16,19H,1-4,9-11H2,(H,20,21). The lowest BCUT2D eigenvalue weighted by Gasteiger charge is -2.19. The molecule has 21 heavy (non-hydrogen) atoms. The fourth-order valence-corrected chi connectivity index (χ4v) is 3.23. The first-order valence-electron chi connectivity index (χ1n) is 7.70. The summed E-state index contributed by atoms with van der Waals surface area (Å²) in [5.74, 6) is -1.30. The van der Waals surface area contributed by atoms with Crippen molar-refractivity contribution in [3.63, 3.8) is 0 Å². The molecule has 1 saturated carbocycles. The molecule has 1 aliphatic rings. The average molecular weight is 294 g/mol. The molecule has 0 heterocycles. The normalized spacial score (nSPS) is 18.6. The molecule has 2 N–H and O–H groups in total. The highest BCUT2D eigenvalue weighted by molar-refractivity contribution is 5.70. The van der Waals surface area contributed by atoms with Gasteiger partial charge >= 0.3 is 5.97 Å². The maximum atomic E-state index is 12.9. The van der Waals surface area contributed by atoms with Crippen molar-refractivity contribution in [2.24, 2.45) is 11.8 Å². The first kappa shape index (κ1) is 16.0. The molecule has 3 nitrogen and oxygen atoms in total. The maximum absolute atomic E-state index is 12.9. The number of halogens is 1. The Morgan fingerprint density at radius 3 is 2.43 bits per heavy atom. The number of aliphatic hydroxyl groups excluding tert-OH is 1. The first-order valence-corrected chi connectivity index (χ1v) is 7.70. The highest BCUT2D eigenvalue weighted by atomic mass is 19.1. The minimum absolute atomic E-state index is 0.267. The Bertz CT molecular complexity index is 452. The Morgan fingerprint density at radius 2 is 1.86 bits per heavy atom. The molecular formula is C17H23FO3. The number of carboxylic acids is 1. The number of hydrogen-bond acceptors (Lipinski definition) is 2. The van der Waals surface area contributed by atoms with Gasteiger partial charge in [-0.05, 0) is 42.9 Å². The molecule has 4 heteroatoms. The van der Waals surface area contributed by atoms with Crippen LogP contribution in [0, 0.1) is 17.7 Å². The third-order valence-electron chi connectivity index (χ3n) is 4.38. The van der Waals surface area contributed by atoms with Crippen molar-refractivity contribution < 1.29 is 19.4 Å². The van der Waals surface area contributed by atoms with Crippen LogP contribution in [-0.2, 0) is 11.2 Å². The molecule has 2 unspecified atom stereocenters. The minimum Gasteiger partial charge on any atom is -0.481 e. The lowest BCUT2D eigenvalue weighted by Crippen LogP contribution is -2.24. The van der Waals surface area contributed by atoms with Crippen LogP contribution in [0.3, 0.4) is 0 Å². The summed E-state index contributed by atoms with van der Waals surface area (Å²) in [5.41, 5.74) is 0.789. The molecule has 2 rings (SSSR count). The molecule has 0 spiro atoms. The van der Waals surface area contributed by atoms with E-state index in [2.05, 4.69) is 0 Å². The van der Waals surface area contributed by atoms with E-state index in [1.165, 1.54) is 25.0 Å². The summed E-state index contributed by atoms with van der Waals surface area (Å²) in [6, 6.07) is 5.88. The van der Waals surface area contributed by atoms with Crippen LogP contribution < -0.4 is 0 Å². The van der Waals surface area contributed by atoms with Gasteiger partial charge in [0.25, 0.3) is 0 Å². The van der Waals surface area contributed by atoms with Crippen molar-refractivity contribution in [2.45, 2.75) is 51.0 Å². The maximum Gasteiger partial charge on any atom is 0.306 e. The molecule has 0 amide bonds. The summed E-state index contributed by atoms with van der Waals surface area (Å²) < 4.78 is 12.9. The lowest BCUT2D eigenvalue weighted by molar-refractivity contribution is -0.142. The van der Waals surface area contributed by atoms with Crippen LogP contribution in [0.15, 0.2) is 24.3 Å². The van der Waals surface area contributed by atoms with Crippen LogP contribution in [0.5, 0.6) is 0 Å². The number of aliphatic hydroxyl groups is 1. The molecule has 1 aromatic rings. The van der Waals surface area contributed by atoms with Gasteiger partial charge in [0.15, 0.2) is 0 Å². The number of carboxylic acid groups (broad SMARTS) is 1. The Morgan fingerprint density at radius 1 is 1.24 bits per heavy atom. The number of aliphatic carboxylic acids is 1. The first-order chi connectivity index (χ1) is 10.0. The zero-order chi connectivity index (χ0) is 15.2. The second-order valence-electron chi connectivity index (χ2n) is 6.14. The van der Waals surface area contributed by atoms with E-state index in [0.717, 1.165) is 18.4 Å². The number of rotatable bonds is 7. The van der Waals surface area contributed by atoms with Gasteiger partial charge in [0.2, 0.25) is 0 Å². The highest BCUT2D eigenvalue weighted by Gasteiger charge is 2.25. The van der Waals surface area contributed by atoms with Crippen molar-refractivity contribution in [3.05, 3.63) is 35.6 Å². The summed E-state index contributed by atoms with van der Waals surface area (Å²) in [6.07, 6.45) is 5.47. The zero-order valence-electron chi connectivity index (χ0n) is 12.2. The molecule has 2 atom stereocenters. The van der Waals surface area contributed by atoms with E-state index in [1.807, 2.05) is 0 Å². The van der Waals surface area contributed by atoms with E-state index >= 15 is 0 Å². The lowest BCUT2D eigenvalue weighted by atomic mass is 9.89. The van der Waals surface area contributed by atoms with Crippen LogP contribution in [0.25, 0.3) is 0 Å². The number of carbonyl (C=O) groups is 1. The minimum atomic E-state index is -0.898. The zero-order valence-corrected chi connectivity index (χ0v) is 12.2. The molecule has 0 saturated heterocycles. The van der Waals surface area contributed by atoms with Crippen molar-refractivity contribution >= 4 is 5.97 Å². The Hall–Kier alpha value is -1.42. The van der Waals surface area contributed by atoms with Gasteiger partial charge in [-0.1, -0.05) is 37.8 Å². The van der Waals surface area contributed by atoms with Gasteiger partial charge in [-0.2, -0.15) is 0 Å². The summed E-state index contributed by atoms with van der Waals surface area (Å²) in [5, 5.41) is 19.4. The van der Waals surface area contributed by atoms with Crippen molar-refractivity contribution in [3.8, 4) is 0 Å². The molecule has 116 valence electrons. The van der Waals surface area contributed by atoms with Crippen LogP contribution >= 0.6 is 0 Å². The van der Waals surface area contributed by atoms with Gasteiger partial charge in [0.05, 0.1) is 12.0 Å². The highest BCUT2D eigenvalue weighted by Crippen LogP contribution is 2.30. The van der Waals surface area contributed by atoms with E-state index in [4.69, 9.17) is 0 Å². The average Bonchev–Trinajstić information content (AvgIpc) is 2.93. The molecule has 1 fully saturated rings. The fraction of sp³-hybridized carbons (Fsp3) is 0.588. The van der Waals surface area contributed by atoms with Gasteiger partial charge in [-0.25, -0.2) is 4.39 Å². The summed E-state index contributed by atoms with van der Waals surface area (Å²) >= 11 is 0. The van der Waals surface area contributed by atoms with Crippen molar-refractivity contribution in [1.82, 2.24) is 0 Å². The molecular weight excluding hydrogens is 271 g/mol. The second-order valence-corrected chi connectivity index (χ2v) is 6.14. The topological polar surface area (TPSA) is 57.5 Å². The Balaban J connectivity index is 1.88. The number of hydrogen-bond donors (Lipinski definition) is 2. The Labute approximate surface area is 124 Å². The quantitative estimate of drug-likeness (QED) is 0.810. The van der Waals surface area contributed by atoms with Gasteiger partial charge in [0.1, 0.15) is 5.82 Å². The smallest absolute Gasteiger partial charge is 0.306 e.